The maximum absolute atomic E-state index is 6.14. The quantitative estimate of drug-likeness (QED) is 0.711. The Balaban J connectivity index is 1.94. The Labute approximate surface area is 82.1 Å². The molecule has 2 aliphatic carbocycles. The van der Waals surface area contributed by atoms with E-state index in [1.165, 1.54) is 38.5 Å². The predicted molar refractivity (Wildman–Crippen MR) is 56.4 cm³/mol. The van der Waals surface area contributed by atoms with Gasteiger partial charge in [-0.15, -0.1) is 0 Å². The van der Waals surface area contributed by atoms with Crippen molar-refractivity contribution in [3.05, 3.63) is 0 Å². The highest BCUT2D eigenvalue weighted by Crippen LogP contribution is 2.61. The van der Waals surface area contributed by atoms with Crippen molar-refractivity contribution in [2.45, 2.75) is 58.4 Å². The fraction of sp³-hybridized carbons (Fsp3) is 1.00. The molecule has 0 bridgehead atoms. The van der Waals surface area contributed by atoms with Crippen molar-refractivity contribution in [2.75, 3.05) is 0 Å². The zero-order chi connectivity index (χ0) is 9.47. The molecule has 13 heavy (non-hydrogen) atoms. The zero-order valence-electron chi connectivity index (χ0n) is 9.05. The maximum Gasteiger partial charge on any atom is 0.0101 e. The van der Waals surface area contributed by atoms with E-state index in [0.29, 0.717) is 11.5 Å². The van der Waals surface area contributed by atoms with Crippen LogP contribution in [0.1, 0.15) is 52.4 Å². The number of hydrogen-bond acceptors (Lipinski definition) is 1. The van der Waals surface area contributed by atoms with E-state index in [-0.39, 0.29) is 0 Å². The molecular weight excluding hydrogens is 158 g/mol. The lowest BCUT2D eigenvalue weighted by Crippen LogP contribution is -2.63. The third kappa shape index (κ3) is 1.24. The largest absolute Gasteiger partial charge is 0.327 e. The molecule has 2 aliphatic rings. The molecule has 3 unspecified atom stereocenters. The summed E-state index contributed by atoms with van der Waals surface area (Å²) in [5, 5.41) is 0. The summed E-state index contributed by atoms with van der Waals surface area (Å²) in [5.41, 5.74) is 6.76. The highest BCUT2D eigenvalue weighted by molar-refractivity contribution is 5.10. The Kier molecular flexibility index (Phi) is 2.39. The fourth-order valence-electron chi connectivity index (χ4n) is 3.64. The molecule has 1 heteroatoms. The fourth-order valence-corrected chi connectivity index (χ4v) is 3.64. The van der Waals surface area contributed by atoms with Crippen LogP contribution in [-0.4, -0.2) is 6.04 Å². The van der Waals surface area contributed by atoms with Crippen LogP contribution >= 0.6 is 0 Å². The summed E-state index contributed by atoms with van der Waals surface area (Å²) in [5.74, 6) is 1.89. The molecule has 0 saturated heterocycles. The van der Waals surface area contributed by atoms with E-state index in [2.05, 4.69) is 13.8 Å². The molecule has 0 aromatic carbocycles. The summed E-state index contributed by atoms with van der Waals surface area (Å²) in [6.07, 6.45) is 8.33. The molecule has 2 saturated carbocycles. The van der Waals surface area contributed by atoms with Crippen LogP contribution in [-0.2, 0) is 0 Å². The first-order chi connectivity index (χ1) is 6.20. The molecule has 0 aliphatic heterocycles. The molecule has 0 aromatic rings. The second-order valence-electron chi connectivity index (χ2n) is 5.30. The summed E-state index contributed by atoms with van der Waals surface area (Å²) in [4.78, 5) is 0. The van der Waals surface area contributed by atoms with Crippen LogP contribution in [0.5, 0.6) is 0 Å². The van der Waals surface area contributed by atoms with Gasteiger partial charge in [-0.25, -0.2) is 0 Å². The van der Waals surface area contributed by atoms with Gasteiger partial charge in [0.1, 0.15) is 0 Å². The highest BCUT2D eigenvalue weighted by atomic mass is 14.8. The molecule has 3 atom stereocenters. The first kappa shape index (κ1) is 9.51. The molecule has 1 nitrogen and oxygen atoms in total. The first-order valence-electron chi connectivity index (χ1n) is 5.96. The lowest BCUT2D eigenvalue weighted by molar-refractivity contribution is -0.100. The average molecular weight is 181 g/mol. The maximum atomic E-state index is 6.14. The van der Waals surface area contributed by atoms with Crippen LogP contribution in [0.15, 0.2) is 0 Å². The van der Waals surface area contributed by atoms with Crippen molar-refractivity contribution in [3.63, 3.8) is 0 Å². The van der Waals surface area contributed by atoms with E-state index < -0.39 is 0 Å². The Morgan fingerprint density at radius 3 is 2.54 bits per heavy atom. The van der Waals surface area contributed by atoms with Gasteiger partial charge in [0.25, 0.3) is 0 Å². The topological polar surface area (TPSA) is 26.0 Å². The third-order valence-corrected chi connectivity index (χ3v) is 4.70. The van der Waals surface area contributed by atoms with E-state index in [4.69, 9.17) is 5.73 Å². The standard InChI is InChI=1S/C12H23N/c1-3-5-9(2)10-8-11(13)12(10)6-4-7-12/h9-11H,3-8,13H2,1-2H3. The molecule has 2 N–H and O–H groups in total. The van der Waals surface area contributed by atoms with Gasteiger partial charge < -0.3 is 5.73 Å². The second-order valence-corrected chi connectivity index (χ2v) is 5.30. The molecule has 1 spiro atoms. The monoisotopic (exact) mass is 181 g/mol. The molecule has 0 aromatic heterocycles. The lowest BCUT2D eigenvalue weighted by atomic mass is 9.44. The van der Waals surface area contributed by atoms with Gasteiger partial charge in [-0.1, -0.05) is 33.1 Å². The number of nitrogens with two attached hydrogens (primary N) is 1. The van der Waals surface area contributed by atoms with Crippen molar-refractivity contribution < 1.29 is 0 Å². The van der Waals surface area contributed by atoms with Crippen LogP contribution in [0.4, 0.5) is 0 Å². The van der Waals surface area contributed by atoms with Crippen LogP contribution < -0.4 is 5.73 Å². The van der Waals surface area contributed by atoms with E-state index in [0.717, 1.165) is 11.8 Å². The smallest absolute Gasteiger partial charge is 0.0101 e. The number of hydrogen-bond donors (Lipinski definition) is 1. The highest BCUT2D eigenvalue weighted by Gasteiger charge is 2.57. The van der Waals surface area contributed by atoms with Gasteiger partial charge in [0.05, 0.1) is 0 Å². The van der Waals surface area contributed by atoms with Gasteiger partial charge in [0.15, 0.2) is 0 Å². The summed E-state index contributed by atoms with van der Waals surface area (Å²) < 4.78 is 0. The van der Waals surface area contributed by atoms with Gasteiger partial charge in [-0.2, -0.15) is 0 Å². The number of rotatable bonds is 3. The molecule has 0 heterocycles. The molecule has 2 rings (SSSR count). The van der Waals surface area contributed by atoms with Crippen molar-refractivity contribution in [3.8, 4) is 0 Å². The Morgan fingerprint density at radius 2 is 2.15 bits per heavy atom. The first-order valence-corrected chi connectivity index (χ1v) is 5.96. The molecule has 0 amide bonds. The van der Waals surface area contributed by atoms with Gasteiger partial charge in [-0.3, -0.25) is 0 Å². The third-order valence-electron chi connectivity index (χ3n) is 4.70. The zero-order valence-corrected chi connectivity index (χ0v) is 9.05. The van der Waals surface area contributed by atoms with Crippen LogP contribution in [0, 0.1) is 17.3 Å². The molecular formula is C12H23N. The average Bonchev–Trinajstić information content (AvgIpc) is 1.97. The minimum Gasteiger partial charge on any atom is -0.327 e. The van der Waals surface area contributed by atoms with E-state index >= 15 is 0 Å². The van der Waals surface area contributed by atoms with E-state index in [1.807, 2.05) is 0 Å². The summed E-state index contributed by atoms with van der Waals surface area (Å²) in [6, 6.07) is 0.547. The van der Waals surface area contributed by atoms with Gasteiger partial charge in [0.2, 0.25) is 0 Å². The van der Waals surface area contributed by atoms with Crippen LogP contribution in [0.3, 0.4) is 0 Å². The normalized spacial score (nSPS) is 38.1. The SMILES string of the molecule is CCCC(C)C1CC(N)C12CCC2. The van der Waals surface area contributed by atoms with Gasteiger partial charge in [0, 0.05) is 6.04 Å². The predicted octanol–water partition coefficient (Wildman–Crippen LogP) is 2.94. The minimum atomic E-state index is 0.547. The van der Waals surface area contributed by atoms with Gasteiger partial charge in [-0.05, 0) is 36.5 Å². The van der Waals surface area contributed by atoms with Gasteiger partial charge >= 0.3 is 0 Å². The minimum absolute atomic E-state index is 0.547. The summed E-state index contributed by atoms with van der Waals surface area (Å²) in [7, 11) is 0. The van der Waals surface area contributed by atoms with Crippen molar-refractivity contribution in [1.82, 2.24) is 0 Å². The van der Waals surface area contributed by atoms with Crippen LogP contribution in [0.25, 0.3) is 0 Å². The Morgan fingerprint density at radius 1 is 1.46 bits per heavy atom. The Bertz CT molecular complexity index is 184. The molecule has 0 radical (unpaired) electrons. The van der Waals surface area contributed by atoms with Crippen LogP contribution in [0.2, 0.25) is 0 Å². The van der Waals surface area contributed by atoms with Crippen molar-refractivity contribution in [2.24, 2.45) is 23.0 Å². The van der Waals surface area contributed by atoms with Crippen molar-refractivity contribution >= 4 is 0 Å². The van der Waals surface area contributed by atoms with E-state index in [9.17, 15) is 0 Å². The van der Waals surface area contributed by atoms with E-state index in [1.54, 1.807) is 0 Å². The lowest BCUT2D eigenvalue weighted by Gasteiger charge is -2.62. The molecule has 2 fully saturated rings. The summed E-state index contributed by atoms with van der Waals surface area (Å²) in [6.45, 7) is 4.72. The van der Waals surface area contributed by atoms with Crippen molar-refractivity contribution in [1.29, 1.82) is 0 Å². The summed E-state index contributed by atoms with van der Waals surface area (Å²) >= 11 is 0. The Hall–Kier alpha value is -0.0400. The second kappa shape index (κ2) is 3.27. The molecule has 76 valence electrons.